The first-order valence-electron chi connectivity index (χ1n) is 4.28. The molecule has 90 valence electrons. The van der Waals surface area contributed by atoms with Gasteiger partial charge in [-0.15, -0.1) is 0 Å². The van der Waals surface area contributed by atoms with Crippen LogP contribution in [0.3, 0.4) is 0 Å². The molecular weight excluding hydrogens is 261 g/mol. The molecule has 1 aromatic carbocycles. The van der Waals surface area contributed by atoms with Crippen LogP contribution in [0.5, 0.6) is 5.75 Å². The van der Waals surface area contributed by atoms with E-state index in [0.29, 0.717) is 0 Å². The van der Waals surface area contributed by atoms with E-state index in [0.717, 1.165) is 0 Å². The largest absolute Gasteiger partial charge is 0.506 e. The number of hydrogen-bond donors (Lipinski definition) is 1. The summed E-state index contributed by atoms with van der Waals surface area (Å²) >= 11 is 5.60. The zero-order chi connectivity index (χ0) is 12.6. The molecule has 1 aromatic heterocycles. The first-order chi connectivity index (χ1) is 7.88. The lowest BCUT2D eigenvalue weighted by Gasteiger charge is -1.98. The van der Waals surface area contributed by atoms with E-state index in [1.54, 1.807) is 0 Å². The van der Waals surface area contributed by atoms with Gasteiger partial charge in [0.05, 0.1) is 5.02 Å². The quantitative estimate of drug-likeness (QED) is 0.860. The van der Waals surface area contributed by atoms with Crippen molar-refractivity contribution in [1.29, 1.82) is 0 Å². The molecule has 1 heterocycles. The normalized spacial score (nSPS) is 11.8. The summed E-state index contributed by atoms with van der Waals surface area (Å²) in [7, 11) is 0. The Bertz CT molecular complexity index is 553. The lowest BCUT2D eigenvalue weighted by atomic mass is 10.2. The molecule has 4 nitrogen and oxygen atoms in total. The predicted molar refractivity (Wildman–Crippen MR) is 51.4 cm³/mol. The number of benzene rings is 1. The summed E-state index contributed by atoms with van der Waals surface area (Å²) in [5, 5.41) is 11.9. The molecule has 0 aliphatic rings. The van der Waals surface area contributed by atoms with E-state index in [4.69, 9.17) is 16.7 Å². The summed E-state index contributed by atoms with van der Waals surface area (Å²) in [6, 6.07) is 3.76. The van der Waals surface area contributed by atoms with Crippen LogP contribution in [0.4, 0.5) is 13.2 Å². The fraction of sp³-hybridized carbons (Fsp3) is 0.111. The van der Waals surface area contributed by atoms with Gasteiger partial charge in [0.25, 0.3) is 11.7 Å². The number of alkyl halides is 3. The molecule has 0 saturated heterocycles. The summed E-state index contributed by atoms with van der Waals surface area (Å²) in [5.41, 5.74) is 0.191. The highest BCUT2D eigenvalue weighted by molar-refractivity contribution is 6.32. The van der Waals surface area contributed by atoms with Gasteiger partial charge in [-0.3, -0.25) is 0 Å². The maximum absolute atomic E-state index is 12.2. The topological polar surface area (TPSA) is 59.2 Å². The van der Waals surface area contributed by atoms with Crippen molar-refractivity contribution in [2.24, 2.45) is 0 Å². The van der Waals surface area contributed by atoms with Gasteiger partial charge in [0.15, 0.2) is 0 Å². The summed E-state index contributed by atoms with van der Waals surface area (Å²) in [4.78, 5) is 3.18. The fourth-order valence-electron chi connectivity index (χ4n) is 1.10. The van der Waals surface area contributed by atoms with Crippen molar-refractivity contribution in [3.63, 3.8) is 0 Å². The van der Waals surface area contributed by atoms with Crippen molar-refractivity contribution in [2.45, 2.75) is 6.18 Å². The summed E-state index contributed by atoms with van der Waals surface area (Å²) < 4.78 is 41.1. The van der Waals surface area contributed by atoms with Crippen LogP contribution in [0.2, 0.25) is 5.02 Å². The molecule has 1 N–H and O–H groups in total. The van der Waals surface area contributed by atoms with Crippen molar-refractivity contribution in [1.82, 2.24) is 10.1 Å². The van der Waals surface area contributed by atoms with Gasteiger partial charge in [-0.1, -0.05) is 16.8 Å². The Morgan fingerprint density at radius 1 is 1.29 bits per heavy atom. The SMILES string of the molecule is Oc1ccc(-c2nc(C(F)(F)F)no2)cc1Cl. The number of nitrogens with zero attached hydrogens (tertiary/aromatic N) is 2. The Morgan fingerprint density at radius 2 is 2.00 bits per heavy atom. The van der Waals surface area contributed by atoms with Gasteiger partial charge in [-0.2, -0.15) is 18.2 Å². The van der Waals surface area contributed by atoms with Crippen LogP contribution in [0.1, 0.15) is 5.82 Å². The minimum atomic E-state index is -4.66. The third-order valence-electron chi connectivity index (χ3n) is 1.87. The first-order valence-corrected chi connectivity index (χ1v) is 4.65. The molecule has 0 fully saturated rings. The summed E-state index contributed by atoms with van der Waals surface area (Å²) in [5.74, 6) is -1.87. The molecule has 8 heteroatoms. The van der Waals surface area contributed by atoms with Crippen LogP contribution in [0, 0.1) is 0 Å². The second-order valence-corrected chi connectivity index (χ2v) is 3.49. The fourth-order valence-corrected chi connectivity index (χ4v) is 1.28. The van der Waals surface area contributed by atoms with Gasteiger partial charge < -0.3 is 9.63 Å². The van der Waals surface area contributed by atoms with E-state index >= 15 is 0 Å². The third kappa shape index (κ3) is 2.33. The van der Waals surface area contributed by atoms with Gasteiger partial charge in [0.1, 0.15) is 5.75 Å². The van der Waals surface area contributed by atoms with E-state index in [2.05, 4.69) is 14.7 Å². The molecule has 0 saturated carbocycles. The standard InChI is InChI=1S/C9H4ClF3N2O2/c10-5-3-4(1-2-6(5)16)7-14-8(15-17-7)9(11,12)13/h1-3,16H. The number of phenolic OH excluding ortho intramolecular Hbond substituents is 1. The number of aromatic hydroxyl groups is 1. The van der Waals surface area contributed by atoms with Gasteiger partial charge in [0.2, 0.25) is 0 Å². The third-order valence-corrected chi connectivity index (χ3v) is 2.18. The van der Waals surface area contributed by atoms with Crippen LogP contribution in [-0.2, 0) is 6.18 Å². The molecule has 0 aliphatic carbocycles. The maximum Gasteiger partial charge on any atom is 0.455 e. The van der Waals surface area contributed by atoms with Crippen LogP contribution in [0.15, 0.2) is 22.7 Å². The van der Waals surface area contributed by atoms with Crippen molar-refractivity contribution in [3.8, 4) is 17.2 Å². The Morgan fingerprint density at radius 3 is 2.53 bits per heavy atom. The maximum atomic E-state index is 12.2. The molecule has 2 aromatic rings. The molecule has 0 aliphatic heterocycles. The van der Waals surface area contributed by atoms with E-state index < -0.39 is 12.0 Å². The summed E-state index contributed by atoms with van der Waals surface area (Å²) in [6.45, 7) is 0. The lowest BCUT2D eigenvalue weighted by molar-refractivity contribution is -0.146. The van der Waals surface area contributed by atoms with Crippen LogP contribution in [0.25, 0.3) is 11.5 Å². The molecular formula is C9H4ClF3N2O2. The molecule has 2 rings (SSSR count). The average molecular weight is 265 g/mol. The molecule has 0 spiro atoms. The minimum absolute atomic E-state index is 0.0192. The number of rotatable bonds is 1. The number of hydrogen-bond acceptors (Lipinski definition) is 4. The van der Waals surface area contributed by atoms with E-state index in [1.807, 2.05) is 0 Å². The molecule has 0 radical (unpaired) electrons. The molecule has 0 amide bonds. The van der Waals surface area contributed by atoms with Crippen molar-refractivity contribution in [2.75, 3.05) is 0 Å². The Labute approximate surface area is 97.6 Å². The zero-order valence-electron chi connectivity index (χ0n) is 7.99. The second-order valence-electron chi connectivity index (χ2n) is 3.09. The van der Waals surface area contributed by atoms with E-state index in [9.17, 15) is 13.2 Å². The van der Waals surface area contributed by atoms with Crippen LogP contribution in [-0.4, -0.2) is 15.2 Å². The van der Waals surface area contributed by atoms with Gasteiger partial charge >= 0.3 is 6.18 Å². The van der Waals surface area contributed by atoms with Crippen LogP contribution < -0.4 is 0 Å². The highest BCUT2D eigenvalue weighted by Gasteiger charge is 2.37. The molecule has 0 unspecified atom stereocenters. The Hall–Kier alpha value is -1.76. The lowest BCUT2D eigenvalue weighted by Crippen LogP contribution is -2.07. The van der Waals surface area contributed by atoms with Gasteiger partial charge in [-0.25, -0.2) is 0 Å². The minimum Gasteiger partial charge on any atom is -0.506 e. The van der Waals surface area contributed by atoms with Crippen molar-refractivity contribution < 1.29 is 22.8 Å². The second kappa shape index (κ2) is 3.92. The monoisotopic (exact) mass is 264 g/mol. The zero-order valence-corrected chi connectivity index (χ0v) is 8.75. The highest BCUT2D eigenvalue weighted by Crippen LogP contribution is 2.31. The number of halogens is 4. The van der Waals surface area contributed by atoms with E-state index in [-0.39, 0.29) is 22.2 Å². The molecule has 17 heavy (non-hydrogen) atoms. The van der Waals surface area contributed by atoms with E-state index in [1.165, 1.54) is 18.2 Å². The van der Waals surface area contributed by atoms with Crippen molar-refractivity contribution in [3.05, 3.63) is 29.0 Å². The Balaban J connectivity index is 2.40. The van der Waals surface area contributed by atoms with Gasteiger partial charge in [-0.05, 0) is 18.2 Å². The predicted octanol–water partition coefficient (Wildman–Crippen LogP) is 3.11. The molecule has 0 bridgehead atoms. The highest BCUT2D eigenvalue weighted by atomic mass is 35.5. The van der Waals surface area contributed by atoms with Gasteiger partial charge in [0, 0.05) is 5.56 Å². The smallest absolute Gasteiger partial charge is 0.455 e. The summed E-state index contributed by atoms with van der Waals surface area (Å²) in [6.07, 6.45) is -4.66. The van der Waals surface area contributed by atoms with Crippen molar-refractivity contribution >= 4 is 11.6 Å². The molecule has 0 atom stereocenters. The van der Waals surface area contributed by atoms with Crippen LogP contribution >= 0.6 is 11.6 Å². The number of phenols is 1. The first kappa shape index (κ1) is 11.7. The average Bonchev–Trinajstić information content (AvgIpc) is 2.70. The number of aromatic nitrogens is 2. The Kier molecular flexibility index (Phi) is 2.70.